The molecule has 1 aliphatic rings. The molecule has 0 fully saturated rings. The van der Waals surface area contributed by atoms with E-state index in [9.17, 15) is 4.79 Å². The van der Waals surface area contributed by atoms with E-state index in [1.807, 2.05) is 6.07 Å². The number of benzene rings is 1. The molecular formula is C10H11N3O. The van der Waals surface area contributed by atoms with Gasteiger partial charge < -0.3 is 15.3 Å². The van der Waals surface area contributed by atoms with Gasteiger partial charge in [-0.3, -0.25) is 0 Å². The summed E-state index contributed by atoms with van der Waals surface area (Å²) in [7, 11) is 0. The molecule has 0 aliphatic carbocycles. The molecule has 2 aromatic rings. The van der Waals surface area contributed by atoms with Crippen molar-refractivity contribution in [3.63, 3.8) is 0 Å². The minimum absolute atomic E-state index is 0.137. The number of rotatable bonds is 0. The second-order valence-corrected chi connectivity index (χ2v) is 3.66. The van der Waals surface area contributed by atoms with Crippen molar-refractivity contribution in [2.24, 2.45) is 0 Å². The molecule has 0 atom stereocenters. The van der Waals surface area contributed by atoms with E-state index < -0.39 is 0 Å². The molecule has 3 rings (SSSR count). The smallest absolute Gasteiger partial charge is 0.323 e. The maximum atomic E-state index is 11.1. The van der Waals surface area contributed by atoms with Crippen molar-refractivity contribution in [2.75, 3.05) is 11.9 Å². The molecule has 1 aliphatic heterocycles. The van der Waals surface area contributed by atoms with E-state index in [1.165, 1.54) is 5.56 Å². The molecule has 0 spiro atoms. The van der Waals surface area contributed by atoms with Crippen molar-refractivity contribution in [1.29, 1.82) is 0 Å². The van der Waals surface area contributed by atoms with Crippen molar-refractivity contribution < 1.29 is 0 Å². The number of nitrogens with one attached hydrogen (secondary N) is 3. The first-order valence-corrected chi connectivity index (χ1v) is 4.82. The first-order valence-electron chi connectivity index (χ1n) is 4.82. The molecule has 1 aromatic carbocycles. The number of hydrogen-bond donors (Lipinski definition) is 3. The van der Waals surface area contributed by atoms with E-state index in [-0.39, 0.29) is 5.69 Å². The van der Waals surface area contributed by atoms with E-state index in [0.29, 0.717) is 0 Å². The molecule has 4 heteroatoms. The number of H-pyrrole nitrogens is 2. The maximum Gasteiger partial charge on any atom is 0.323 e. The van der Waals surface area contributed by atoms with Crippen LogP contribution in [0.3, 0.4) is 0 Å². The van der Waals surface area contributed by atoms with Gasteiger partial charge in [-0.15, -0.1) is 0 Å². The number of aromatic amines is 2. The topological polar surface area (TPSA) is 60.7 Å². The molecule has 0 amide bonds. The Morgan fingerprint density at radius 1 is 1.14 bits per heavy atom. The Bertz CT molecular complexity index is 492. The van der Waals surface area contributed by atoms with Gasteiger partial charge in [-0.2, -0.15) is 0 Å². The van der Waals surface area contributed by atoms with Crippen molar-refractivity contribution in [2.45, 2.75) is 12.8 Å². The fourth-order valence-corrected chi connectivity index (χ4v) is 2.00. The lowest BCUT2D eigenvalue weighted by atomic mass is 10.0. The quantitative estimate of drug-likeness (QED) is 0.583. The second kappa shape index (κ2) is 2.64. The lowest BCUT2D eigenvalue weighted by molar-refractivity contribution is 0.831. The highest BCUT2D eigenvalue weighted by Gasteiger charge is 2.10. The summed E-state index contributed by atoms with van der Waals surface area (Å²) in [6.07, 6.45) is 2.25. The van der Waals surface area contributed by atoms with Crippen LogP contribution in [-0.2, 0) is 6.42 Å². The summed E-state index contributed by atoms with van der Waals surface area (Å²) >= 11 is 0. The van der Waals surface area contributed by atoms with Crippen LogP contribution >= 0.6 is 0 Å². The Morgan fingerprint density at radius 2 is 1.93 bits per heavy atom. The fourth-order valence-electron chi connectivity index (χ4n) is 2.00. The third kappa shape index (κ3) is 1.04. The van der Waals surface area contributed by atoms with Crippen LogP contribution in [0.5, 0.6) is 0 Å². The minimum Gasteiger partial charge on any atom is -0.385 e. The molecule has 0 radical (unpaired) electrons. The highest BCUT2D eigenvalue weighted by molar-refractivity contribution is 5.81. The van der Waals surface area contributed by atoms with Gasteiger partial charge in [0.05, 0.1) is 11.0 Å². The van der Waals surface area contributed by atoms with Gasteiger partial charge >= 0.3 is 5.69 Å². The molecule has 72 valence electrons. The predicted octanol–water partition coefficient (Wildman–Crippen LogP) is 1.21. The van der Waals surface area contributed by atoms with Crippen LogP contribution in [0.4, 0.5) is 5.69 Å². The highest BCUT2D eigenvalue weighted by Crippen LogP contribution is 2.25. The van der Waals surface area contributed by atoms with Crippen LogP contribution in [-0.4, -0.2) is 16.5 Å². The highest BCUT2D eigenvalue weighted by atomic mass is 16.1. The molecule has 0 unspecified atom stereocenters. The molecular weight excluding hydrogens is 178 g/mol. The van der Waals surface area contributed by atoms with Crippen LogP contribution in [0.1, 0.15) is 12.0 Å². The van der Waals surface area contributed by atoms with Crippen molar-refractivity contribution in [3.8, 4) is 0 Å². The third-order valence-corrected chi connectivity index (χ3v) is 2.68. The summed E-state index contributed by atoms with van der Waals surface area (Å²) in [4.78, 5) is 16.6. The number of anilines is 1. The van der Waals surface area contributed by atoms with Gasteiger partial charge in [0.15, 0.2) is 0 Å². The largest absolute Gasteiger partial charge is 0.385 e. The summed E-state index contributed by atoms with van der Waals surface area (Å²) in [6, 6.07) is 4.05. The van der Waals surface area contributed by atoms with Gasteiger partial charge in [0.25, 0.3) is 0 Å². The zero-order valence-corrected chi connectivity index (χ0v) is 7.68. The minimum atomic E-state index is -0.137. The van der Waals surface area contributed by atoms with Gasteiger partial charge in [0, 0.05) is 12.2 Å². The summed E-state index contributed by atoms with van der Waals surface area (Å²) in [5, 5.41) is 3.33. The average molecular weight is 189 g/mol. The van der Waals surface area contributed by atoms with Crippen LogP contribution in [0, 0.1) is 0 Å². The molecule has 14 heavy (non-hydrogen) atoms. The van der Waals surface area contributed by atoms with E-state index in [2.05, 4.69) is 21.4 Å². The van der Waals surface area contributed by atoms with Crippen LogP contribution in [0.2, 0.25) is 0 Å². The Morgan fingerprint density at radius 3 is 2.79 bits per heavy atom. The monoisotopic (exact) mass is 189 g/mol. The van der Waals surface area contributed by atoms with Gasteiger partial charge in [0.2, 0.25) is 0 Å². The third-order valence-electron chi connectivity index (χ3n) is 2.68. The Kier molecular flexibility index (Phi) is 1.45. The normalized spacial score (nSPS) is 15.1. The molecule has 4 nitrogen and oxygen atoms in total. The number of aromatic nitrogens is 2. The molecule has 2 heterocycles. The van der Waals surface area contributed by atoms with Gasteiger partial charge in [-0.05, 0) is 30.5 Å². The fraction of sp³-hybridized carbons (Fsp3) is 0.300. The van der Waals surface area contributed by atoms with E-state index >= 15 is 0 Å². The second-order valence-electron chi connectivity index (χ2n) is 3.66. The van der Waals surface area contributed by atoms with Crippen molar-refractivity contribution in [1.82, 2.24) is 9.97 Å². The first kappa shape index (κ1) is 7.67. The summed E-state index contributed by atoms with van der Waals surface area (Å²) in [6.45, 7) is 1.02. The number of aryl methyl sites for hydroxylation is 1. The molecule has 0 bridgehead atoms. The predicted molar refractivity (Wildman–Crippen MR) is 55.7 cm³/mol. The Hall–Kier alpha value is -1.71. The van der Waals surface area contributed by atoms with E-state index in [4.69, 9.17) is 0 Å². The molecule has 3 N–H and O–H groups in total. The standard InChI is InChI=1S/C10H11N3O/c14-10-12-8-4-6-2-1-3-11-7(6)5-9(8)13-10/h4-5,11H,1-3H2,(H2,12,13,14). The maximum absolute atomic E-state index is 11.1. The SMILES string of the molecule is O=c1[nH]c2cc3c(cc2[nH]1)NCCC3. The van der Waals surface area contributed by atoms with Crippen LogP contribution in [0.15, 0.2) is 16.9 Å². The molecule has 0 saturated carbocycles. The van der Waals surface area contributed by atoms with Gasteiger partial charge in [-0.1, -0.05) is 0 Å². The number of imidazole rings is 1. The lowest BCUT2D eigenvalue weighted by Gasteiger charge is -2.17. The zero-order chi connectivity index (χ0) is 9.54. The molecule has 1 aromatic heterocycles. The molecule has 0 saturated heterocycles. The van der Waals surface area contributed by atoms with Gasteiger partial charge in [0.1, 0.15) is 0 Å². The Balaban J connectivity index is 2.31. The van der Waals surface area contributed by atoms with Gasteiger partial charge in [-0.25, -0.2) is 4.79 Å². The van der Waals surface area contributed by atoms with Crippen LogP contribution < -0.4 is 11.0 Å². The lowest BCUT2D eigenvalue weighted by Crippen LogP contribution is -2.11. The van der Waals surface area contributed by atoms with Crippen LogP contribution in [0.25, 0.3) is 11.0 Å². The summed E-state index contributed by atoms with van der Waals surface area (Å²) in [5.74, 6) is 0. The Labute approximate surface area is 80.3 Å². The van der Waals surface area contributed by atoms with Crippen molar-refractivity contribution >= 4 is 16.7 Å². The zero-order valence-electron chi connectivity index (χ0n) is 7.68. The average Bonchev–Trinajstić information content (AvgIpc) is 2.53. The van der Waals surface area contributed by atoms with E-state index in [0.717, 1.165) is 36.1 Å². The first-order chi connectivity index (χ1) is 6.83. The summed E-state index contributed by atoms with van der Waals surface area (Å²) < 4.78 is 0. The number of hydrogen-bond acceptors (Lipinski definition) is 2. The number of fused-ring (bicyclic) bond motifs is 2. The van der Waals surface area contributed by atoms with Crippen molar-refractivity contribution in [3.05, 3.63) is 28.2 Å². The van der Waals surface area contributed by atoms with E-state index in [1.54, 1.807) is 0 Å². The summed E-state index contributed by atoms with van der Waals surface area (Å²) in [5.41, 5.74) is 4.08.